The van der Waals surface area contributed by atoms with E-state index in [2.05, 4.69) is 0 Å². The van der Waals surface area contributed by atoms with Crippen molar-refractivity contribution in [3.05, 3.63) is 29.3 Å². The second-order valence-corrected chi connectivity index (χ2v) is 4.16. The van der Waals surface area contributed by atoms with Gasteiger partial charge in [-0.05, 0) is 31.5 Å². The first-order valence-electron chi connectivity index (χ1n) is 5.26. The van der Waals surface area contributed by atoms with Crippen LogP contribution in [0.4, 0.5) is 5.69 Å². The Hall–Kier alpha value is -1.55. The Morgan fingerprint density at radius 1 is 1.56 bits per heavy atom. The van der Waals surface area contributed by atoms with Crippen LogP contribution in [0.3, 0.4) is 0 Å². The average molecular weight is 221 g/mol. The summed E-state index contributed by atoms with van der Waals surface area (Å²) in [4.78, 5) is 1.91. The molecule has 0 fully saturated rings. The van der Waals surface area contributed by atoms with E-state index in [1.165, 1.54) is 0 Å². The SMILES string of the molecule is Cc1ccc(C(=N)N)c(N(C)CC(C)O)c1. The lowest BCUT2D eigenvalue weighted by atomic mass is 10.1. The van der Waals surface area contributed by atoms with Crippen LogP contribution in [0.2, 0.25) is 0 Å². The molecule has 16 heavy (non-hydrogen) atoms. The number of likely N-dealkylation sites (N-methyl/N-ethyl adjacent to an activating group) is 1. The van der Waals surface area contributed by atoms with Gasteiger partial charge >= 0.3 is 0 Å². The molecule has 0 aromatic heterocycles. The third kappa shape index (κ3) is 2.97. The Bertz CT molecular complexity index is 388. The number of nitrogens with one attached hydrogen (secondary N) is 1. The maximum absolute atomic E-state index is 9.36. The van der Waals surface area contributed by atoms with Gasteiger partial charge in [-0.2, -0.15) is 0 Å². The van der Waals surface area contributed by atoms with Crippen molar-refractivity contribution in [2.24, 2.45) is 5.73 Å². The number of aliphatic hydroxyl groups excluding tert-OH is 1. The van der Waals surface area contributed by atoms with Crippen molar-refractivity contribution in [3.8, 4) is 0 Å². The van der Waals surface area contributed by atoms with Gasteiger partial charge < -0.3 is 15.7 Å². The summed E-state index contributed by atoms with van der Waals surface area (Å²) in [6.45, 7) is 4.24. The molecule has 0 aliphatic carbocycles. The van der Waals surface area contributed by atoms with Crippen molar-refractivity contribution in [1.82, 2.24) is 0 Å². The highest BCUT2D eigenvalue weighted by atomic mass is 16.3. The molecule has 0 heterocycles. The Morgan fingerprint density at radius 3 is 2.69 bits per heavy atom. The number of nitrogens with zero attached hydrogens (tertiary/aromatic N) is 1. The van der Waals surface area contributed by atoms with Crippen molar-refractivity contribution >= 4 is 11.5 Å². The molecule has 1 atom stereocenters. The van der Waals surface area contributed by atoms with E-state index in [0.29, 0.717) is 12.1 Å². The first kappa shape index (κ1) is 12.5. The van der Waals surface area contributed by atoms with Crippen LogP contribution in [-0.4, -0.2) is 30.6 Å². The van der Waals surface area contributed by atoms with Gasteiger partial charge in [-0.3, -0.25) is 5.41 Å². The van der Waals surface area contributed by atoms with E-state index in [-0.39, 0.29) is 5.84 Å². The van der Waals surface area contributed by atoms with Crippen LogP contribution in [0.15, 0.2) is 18.2 Å². The van der Waals surface area contributed by atoms with Gasteiger partial charge in [0.05, 0.1) is 6.10 Å². The summed E-state index contributed by atoms with van der Waals surface area (Å²) >= 11 is 0. The van der Waals surface area contributed by atoms with Crippen molar-refractivity contribution in [3.63, 3.8) is 0 Å². The van der Waals surface area contributed by atoms with Crippen LogP contribution in [0.1, 0.15) is 18.1 Å². The van der Waals surface area contributed by atoms with Crippen LogP contribution in [0.5, 0.6) is 0 Å². The fourth-order valence-electron chi connectivity index (χ4n) is 1.68. The van der Waals surface area contributed by atoms with Gasteiger partial charge in [-0.25, -0.2) is 0 Å². The van der Waals surface area contributed by atoms with Crippen LogP contribution in [0.25, 0.3) is 0 Å². The van der Waals surface area contributed by atoms with Gasteiger partial charge in [0.2, 0.25) is 0 Å². The lowest BCUT2D eigenvalue weighted by Gasteiger charge is -2.23. The smallest absolute Gasteiger partial charge is 0.124 e. The zero-order valence-corrected chi connectivity index (χ0v) is 9.99. The molecule has 0 saturated heterocycles. The summed E-state index contributed by atoms with van der Waals surface area (Å²) in [7, 11) is 1.88. The van der Waals surface area contributed by atoms with Gasteiger partial charge in [0, 0.05) is 24.8 Å². The molecule has 0 radical (unpaired) electrons. The second kappa shape index (κ2) is 4.99. The summed E-state index contributed by atoms with van der Waals surface area (Å²) in [5, 5.41) is 16.9. The summed E-state index contributed by atoms with van der Waals surface area (Å²) in [6.07, 6.45) is -0.412. The molecule has 0 spiro atoms. The molecule has 88 valence electrons. The van der Waals surface area contributed by atoms with Gasteiger partial charge in [0.15, 0.2) is 0 Å². The van der Waals surface area contributed by atoms with E-state index < -0.39 is 6.10 Å². The Kier molecular flexibility index (Phi) is 3.90. The van der Waals surface area contributed by atoms with Gasteiger partial charge in [-0.15, -0.1) is 0 Å². The molecule has 0 saturated carbocycles. The predicted molar refractivity (Wildman–Crippen MR) is 67.1 cm³/mol. The third-order valence-corrected chi connectivity index (χ3v) is 2.39. The van der Waals surface area contributed by atoms with Crippen molar-refractivity contribution in [2.75, 3.05) is 18.5 Å². The maximum Gasteiger partial charge on any atom is 0.124 e. The van der Waals surface area contributed by atoms with Gasteiger partial charge in [-0.1, -0.05) is 6.07 Å². The molecular formula is C12H19N3O. The standard InChI is InChI=1S/C12H19N3O/c1-8-4-5-10(12(13)14)11(6-8)15(3)7-9(2)16/h4-6,9,16H,7H2,1-3H3,(H3,13,14). The Labute approximate surface area is 96.2 Å². The highest BCUT2D eigenvalue weighted by molar-refractivity contribution is 6.00. The first-order chi connectivity index (χ1) is 7.41. The number of rotatable bonds is 4. The van der Waals surface area contributed by atoms with E-state index in [9.17, 15) is 5.11 Å². The maximum atomic E-state index is 9.36. The molecule has 0 bridgehead atoms. The fourth-order valence-corrected chi connectivity index (χ4v) is 1.68. The van der Waals surface area contributed by atoms with Gasteiger partial charge in [0.25, 0.3) is 0 Å². The minimum absolute atomic E-state index is 0.0486. The number of hydrogen-bond acceptors (Lipinski definition) is 3. The number of aliphatic hydroxyl groups is 1. The fraction of sp³-hybridized carbons (Fsp3) is 0.417. The quantitative estimate of drug-likeness (QED) is 0.526. The van der Waals surface area contributed by atoms with E-state index in [1.54, 1.807) is 6.92 Å². The second-order valence-electron chi connectivity index (χ2n) is 4.16. The molecule has 4 heteroatoms. The first-order valence-corrected chi connectivity index (χ1v) is 5.26. The monoisotopic (exact) mass is 221 g/mol. The van der Waals surface area contributed by atoms with Crippen LogP contribution >= 0.6 is 0 Å². The van der Waals surface area contributed by atoms with Crippen LogP contribution < -0.4 is 10.6 Å². The summed E-state index contributed by atoms with van der Waals surface area (Å²) < 4.78 is 0. The zero-order chi connectivity index (χ0) is 12.3. The van der Waals surface area contributed by atoms with E-state index >= 15 is 0 Å². The predicted octanol–water partition coefficient (Wildman–Crippen LogP) is 1.10. The number of nitrogens with two attached hydrogens (primary N) is 1. The summed E-state index contributed by atoms with van der Waals surface area (Å²) in [6, 6.07) is 5.74. The lowest BCUT2D eigenvalue weighted by Crippen LogP contribution is -2.29. The molecule has 0 aliphatic rings. The molecule has 1 aromatic rings. The number of anilines is 1. The van der Waals surface area contributed by atoms with E-state index in [4.69, 9.17) is 11.1 Å². The molecule has 0 amide bonds. The van der Waals surface area contributed by atoms with Crippen molar-refractivity contribution in [2.45, 2.75) is 20.0 Å². The van der Waals surface area contributed by atoms with E-state index in [1.807, 2.05) is 37.1 Å². The van der Waals surface area contributed by atoms with Gasteiger partial charge in [0.1, 0.15) is 5.84 Å². The molecule has 4 nitrogen and oxygen atoms in total. The topological polar surface area (TPSA) is 73.3 Å². The molecule has 1 rings (SSSR count). The number of aryl methyl sites for hydroxylation is 1. The minimum atomic E-state index is -0.412. The molecule has 0 aliphatic heterocycles. The molecular weight excluding hydrogens is 202 g/mol. The number of nitrogen functional groups attached to an aromatic ring is 1. The average Bonchev–Trinajstić information content (AvgIpc) is 2.15. The lowest BCUT2D eigenvalue weighted by molar-refractivity contribution is 0.201. The van der Waals surface area contributed by atoms with Crippen molar-refractivity contribution in [1.29, 1.82) is 5.41 Å². The number of benzene rings is 1. The largest absolute Gasteiger partial charge is 0.392 e. The minimum Gasteiger partial charge on any atom is -0.392 e. The Balaban J connectivity index is 3.09. The molecule has 4 N–H and O–H groups in total. The summed E-state index contributed by atoms with van der Waals surface area (Å²) in [5.74, 6) is 0.0486. The Morgan fingerprint density at radius 2 is 2.19 bits per heavy atom. The number of hydrogen-bond donors (Lipinski definition) is 3. The van der Waals surface area contributed by atoms with E-state index in [0.717, 1.165) is 11.3 Å². The molecule has 1 aromatic carbocycles. The highest BCUT2D eigenvalue weighted by Crippen LogP contribution is 2.21. The number of amidine groups is 1. The van der Waals surface area contributed by atoms with Crippen molar-refractivity contribution < 1.29 is 5.11 Å². The third-order valence-electron chi connectivity index (χ3n) is 2.39. The summed E-state index contributed by atoms with van der Waals surface area (Å²) in [5.41, 5.74) is 8.22. The highest BCUT2D eigenvalue weighted by Gasteiger charge is 2.11. The molecule has 1 unspecified atom stereocenters. The van der Waals surface area contributed by atoms with Crippen LogP contribution in [0, 0.1) is 12.3 Å². The van der Waals surface area contributed by atoms with Crippen LogP contribution in [-0.2, 0) is 0 Å². The zero-order valence-electron chi connectivity index (χ0n) is 9.99. The normalized spacial score (nSPS) is 12.2.